The van der Waals surface area contributed by atoms with E-state index in [-0.39, 0.29) is 6.10 Å². The highest BCUT2D eigenvalue weighted by molar-refractivity contribution is 7.86. The van der Waals surface area contributed by atoms with Gasteiger partial charge in [-0.15, -0.1) is 0 Å². The summed E-state index contributed by atoms with van der Waals surface area (Å²) in [7, 11) is -3.93. The molecule has 0 amide bonds. The first kappa shape index (κ1) is 27.9. The largest absolute Gasteiger partial charge is 0.393 e. The van der Waals surface area contributed by atoms with Crippen molar-refractivity contribution in [3.8, 4) is 0 Å². The van der Waals surface area contributed by atoms with E-state index in [4.69, 9.17) is 0 Å². The highest BCUT2D eigenvalue weighted by Crippen LogP contribution is 2.19. The molecule has 2 atom stereocenters. The summed E-state index contributed by atoms with van der Waals surface area (Å²) < 4.78 is 32.7. The van der Waals surface area contributed by atoms with Crippen LogP contribution in [0.4, 0.5) is 0 Å². The van der Waals surface area contributed by atoms with Gasteiger partial charge in [0, 0.05) is 0 Å². The van der Waals surface area contributed by atoms with Crippen molar-refractivity contribution in [2.75, 3.05) is 0 Å². The van der Waals surface area contributed by atoms with Crippen LogP contribution in [0.5, 0.6) is 0 Å². The molecule has 0 radical (unpaired) electrons. The molecule has 0 aliphatic carbocycles. The fraction of sp³-hybridized carbons (Fsp3) is 1.00. The highest BCUT2D eigenvalue weighted by atomic mass is 32.2. The molecule has 4 nitrogen and oxygen atoms in total. The van der Waals surface area contributed by atoms with Crippen molar-refractivity contribution >= 4 is 10.1 Å². The second kappa shape index (κ2) is 18.9. The van der Waals surface area contributed by atoms with Crippen LogP contribution >= 0.6 is 0 Å². The Morgan fingerprint density at radius 3 is 1.25 bits per heavy atom. The molecule has 0 aromatic carbocycles. The number of hydrogen-bond acceptors (Lipinski definition) is 3. The molecule has 170 valence electrons. The van der Waals surface area contributed by atoms with Gasteiger partial charge in [0.25, 0.3) is 10.1 Å². The predicted octanol–water partition coefficient (Wildman–Crippen LogP) is 7.06. The van der Waals surface area contributed by atoms with E-state index in [0.29, 0.717) is 12.8 Å². The second-order valence-corrected chi connectivity index (χ2v) is 10.4. The third-order valence-corrected chi connectivity index (χ3v) is 7.01. The molecule has 0 saturated carbocycles. The summed E-state index contributed by atoms with van der Waals surface area (Å²) in [6.07, 6.45) is 20.7. The Morgan fingerprint density at radius 1 is 0.607 bits per heavy atom. The fourth-order valence-corrected chi connectivity index (χ4v) is 4.75. The van der Waals surface area contributed by atoms with Crippen LogP contribution < -0.4 is 0 Å². The lowest BCUT2D eigenvalue weighted by atomic mass is 10.0. The summed E-state index contributed by atoms with van der Waals surface area (Å²) in [5.41, 5.74) is 0. The van der Waals surface area contributed by atoms with E-state index in [9.17, 15) is 18.1 Å². The molecule has 5 heteroatoms. The van der Waals surface area contributed by atoms with E-state index in [0.717, 1.165) is 44.9 Å². The zero-order valence-corrected chi connectivity index (χ0v) is 19.5. The summed E-state index contributed by atoms with van der Waals surface area (Å²) in [4.78, 5) is 0. The van der Waals surface area contributed by atoms with Crippen LogP contribution in [0.3, 0.4) is 0 Å². The summed E-state index contributed by atoms with van der Waals surface area (Å²) >= 11 is 0. The van der Waals surface area contributed by atoms with E-state index in [1.807, 2.05) is 0 Å². The monoisotopic (exact) mass is 420 g/mol. The van der Waals surface area contributed by atoms with Crippen LogP contribution in [0.1, 0.15) is 136 Å². The van der Waals surface area contributed by atoms with Gasteiger partial charge in [0.1, 0.15) is 0 Å². The summed E-state index contributed by atoms with van der Waals surface area (Å²) in [6, 6.07) is 0. The van der Waals surface area contributed by atoms with Crippen molar-refractivity contribution in [2.24, 2.45) is 0 Å². The van der Waals surface area contributed by atoms with E-state index < -0.39 is 15.4 Å². The zero-order valence-electron chi connectivity index (χ0n) is 18.7. The average Bonchev–Trinajstić information content (AvgIpc) is 2.62. The molecule has 2 unspecified atom stereocenters. The lowest BCUT2D eigenvalue weighted by Crippen LogP contribution is -2.20. The van der Waals surface area contributed by atoms with E-state index >= 15 is 0 Å². The van der Waals surface area contributed by atoms with Gasteiger partial charge in [-0.2, -0.15) is 8.42 Å². The third-order valence-electron chi connectivity index (χ3n) is 5.70. The topological polar surface area (TPSA) is 74.6 Å². The molecule has 0 fully saturated rings. The van der Waals surface area contributed by atoms with Gasteiger partial charge in [0.05, 0.1) is 11.4 Å². The van der Waals surface area contributed by atoms with Crippen molar-refractivity contribution < 1.29 is 18.1 Å². The number of rotatable bonds is 21. The van der Waals surface area contributed by atoms with Crippen molar-refractivity contribution in [3.63, 3.8) is 0 Å². The maximum atomic E-state index is 11.6. The van der Waals surface area contributed by atoms with E-state index in [2.05, 4.69) is 6.92 Å². The highest BCUT2D eigenvalue weighted by Gasteiger charge is 2.21. The van der Waals surface area contributed by atoms with Gasteiger partial charge in [-0.3, -0.25) is 4.55 Å². The Morgan fingerprint density at radius 2 is 0.929 bits per heavy atom. The van der Waals surface area contributed by atoms with E-state index in [1.54, 1.807) is 6.92 Å². The molecule has 28 heavy (non-hydrogen) atoms. The average molecular weight is 421 g/mol. The summed E-state index contributed by atoms with van der Waals surface area (Å²) in [5.74, 6) is 0. The number of aliphatic hydroxyl groups excluding tert-OH is 1. The molecule has 0 aromatic rings. The van der Waals surface area contributed by atoms with E-state index in [1.165, 1.54) is 64.2 Å². The van der Waals surface area contributed by atoms with Crippen LogP contribution in [0.25, 0.3) is 0 Å². The van der Waals surface area contributed by atoms with Crippen LogP contribution in [0.15, 0.2) is 0 Å². The zero-order chi connectivity index (χ0) is 21.1. The van der Waals surface area contributed by atoms with Crippen LogP contribution in [-0.2, 0) is 10.1 Å². The smallest absolute Gasteiger partial charge is 0.267 e. The summed E-state index contributed by atoms with van der Waals surface area (Å²) in [5, 5.41) is 8.64. The van der Waals surface area contributed by atoms with Gasteiger partial charge in [-0.25, -0.2) is 0 Å². The first-order valence-corrected chi connectivity index (χ1v) is 13.5. The van der Waals surface area contributed by atoms with Crippen LogP contribution in [0.2, 0.25) is 0 Å². The SMILES string of the molecule is CCCCCCCCCCCCCCC(CCCCCCC(C)O)S(=O)(=O)O. The lowest BCUT2D eigenvalue weighted by Gasteiger charge is -2.14. The fourth-order valence-electron chi connectivity index (χ4n) is 3.82. The normalized spacial score (nSPS) is 14.3. The Kier molecular flexibility index (Phi) is 18.8. The minimum absolute atomic E-state index is 0.253. The standard InChI is InChI=1S/C23H48O4S/c1-3-4-5-6-7-8-9-10-11-12-13-17-20-23(28(25,26)27)21-18-15-14-16-19-22(2)24/h22-24H,3-21H2,1-2H3,(H,25,26,27). The second-order valence-electron chi connectivity index (χ2n) is 8.66. The Labute approximate surface area is 175 Å². The molecule has 2 N–H and O–H groups in total. The number of aliphatic hydroxyl groups is 1. The molecule has 0 rings (SSSR count). The van der Waals surface area contributed by atoms with Gasteiger partial charge < -0.3 is 5.11 Å². The molecule has 0 aliphatic rings. The van der Waals surface area contributed by atoms with Crippen LogP contribution in [-0.4, -0.2) is 29.4 Å². The van der Waals surface area contributed by atoms with Gasteiger partial charge >= 0.3 is 0 Å². The Hall–Kier alpha value is -0.130. The van der Waals surface area contributed by atoms with Crippen molar-refractivity contribution in [3.05, 3.63) is 0 Å². The van der Waals surface area contributed by atoms with Crippen molar-refractivity contribution in [2.45, 2.75) is 147 Å². The van der Waals surface area contributed by atoms with Crippen LogP contribution in [0, 0.1) is 0 Å². The molecule has 0 heterocycles. The molecule has 0 aliphatic heterocycles. The lowest BCUT2D eigenvalue weighted by molar-refractivity contribution is 0.180. The molecule has 0 saturated heterocycles. The Balaban J connectivity index is 3.63. The molecular formula is C23H48O4S. The number of hydrogen-bond donors (Lipinski definition) is 2. The van der Waals surface area contributed by atoms with Crippen molar-refractivity contribution in [1.29, 1.82) is 0 Å². The molecule has 0 spiro atoms. The molecule has 0 aromatic heterocycles. The maximum Gasteiger partial charge on any atom is 0.267 e. The minimum atomic E-state index is -3.93. The maximum absolute atomic E-state index is 11.6. The quantitative estimate of drug-likeness (QED) is 0.154. The first-order valence-electron chi connectivity index (χ1n) is 12.0. The first-order chi connectivity index (χ1) is 13.4. The Bertz CT molecular complexity index is 420. The van der Waals surface area contributed by atoms with Gasteiger partial charge in [0.2, 0.25) is 0 Å². The summed E-state index contributed by atoms with van der Waals surface area (Å²) in [6.45, 7) is 4.04. The predicted molar refractivity (Wildman–Crippen MR) is 120 cm³/mol. The van der Waals surface area contributed by atoms with Gasteiger partial charge in [0.15, 0.2) is 0 Å². The molecule has 0 bridgehead atoms. The van der Waals surface area contributed by atoms with Crippen molar-refractivity contribution in [1.82, 2.24) is 0 Å². The number of unbranched alkanes of at least 4 members (excludes halogenated alkanes) is 14. The third kappa shape index (κ3) is 19.2. The van der Waals surface area contributed by atoms with Gasteiger partial charge in [-0.1, -0.05) is 110 Å². The minimum Gasteiger partial charge on any atom is -0.393 e. The molecular weight excluding hydrogens is 372 g/mol. The van der Waals surface area contributed by atoms with Gasteiger partial charge in [-0.05, 0) is 26.2 Å².